The fraction of sp³-hybridized carbons (Fsp3) is 0.308. The number of hydrogen-bond donors (Lipinski definition) is 0. The van der Waals surface area contributed by atoms with Gasteiger partial charge in [-0.2, -0.15) is 0 Å². The van der Waals surface area contributed by atoms with Crippen LogP contribution in [0.4, 0.5) is 0 Å². The zero-order valence-corrected chi connectivity index (χ0v) is 9.86. The molecule has 1 aliphatic rings. The molecule has 1 aromatic rings. The maximum Gasteiger partial charge on any atom is 0.230 e. The minimum absolute atomic E-state index is 0.151. The molecule has 4 heteroatoms. The van der Waals surface area contributed by atoms with Gasteiger partial charge < -0.3 is 14.2 Å². The molecule has 0 spiro atoms. The number of benzene rings is 1. The molecule has 90 valence electrons. The quantitative estimate of drug-likeness (QED) is 0.749. The number of allylic oxidation sites excluding steroid dienone is 1. The van der Waals surface area contributed by atoms with Gasteiger partial charge in [0.1, 0.15) is 11.5 Å². The van der Waals surface area contributed by atoms with Crippen LogP contribution in [0.15, 0.2) is 30.0 Å². The van der Waals surface area contributed by atoms with Gasteiger partial charge in [-0.25, -0.2) is 0 Å². The SMILES string of the molecule is COc1ccc(C(=O)C2=CCCO2)c(OC)c1. The third-order valence-corrected chi connectivity index (χ3v) is 2.58. The summed E-state index contributed by atoms with van der Waals surface area (Å²) in [7, 11) is 3.09. The van der Waals surface area contributed by atoms with E-state index < -0.39 is 0 Å². The van der Waals surface area contributed by atoms with Gasteiger partial charge in [0.15, 0.2) is 5.76 Å². The summed E-state index contributed by atoms with van der Waals surface area (Å²) in [6.07, 6.45) is 2.57. The summed E-state index contributed by atoms with van der Waals surface area (Å²) in [4.78, 5) is 12.1. The van der Waals surface area contributed by atoms with E-state index in [9.17, 15) is 4.79 Å². The normalized spacial score (nSPS) is 13.9. The highest BCUT2D eigenvalue weighted by molar-refractivity contribution is 6.09. The second-order valence-electron chi connectivity index (χ2n) is 3.60. The molecule has 0 radical (unpaired) electrons. The summed E-state index contributed by atoms with van der Waals surface area (Å²) in [6, 6.07) is 5.09. The Bertz CT molecular complexity index is 462. The van der Waals surface area contributed by atoms with Crippen LogP contribution < -0.4 is 9.47 Å². The molecule has 0 saturated heterocycles. The molecule has 0 amide bonds. The first-order valence-corrected chi connectivity index (χ1v) is 5.36. The van der Waals surface area contributed by atoms with Crippen molar-refractivity contribution in [3.8, 4) is 11.5 Å². The van der Waals surface area contributed by atoms with Crippen molar-refractivity contribution in [2.75, 3.05) is 20.8 Å². The minimum Gasteiger partial charge on any atom is -0.497 e. The number of ether oxygens (including phenoxy) is 3. The second kappa shape index (κ2) is 4.91. The minimum atomic E-state index is -0.151. The first-order chi connectivity index (χ1) is 8.26. The van der Waals surface area contributed by atoms with Crippen LogP contribution >= 0.6 is 0 Å². The first kappa shape index (κ1) is 11.5. The topological polar surface area (TPSA) is 44.8 Å². The zero-order valence-electron chi connectivity index (χ0n) is 9.86. The zero-order chi connectivity index (χ0) is 12.3. The lowest BCUT2D eigenvalue weighted by atomic mass is 10.1. The molecule has 4 nitrogen and oxygen atoms in total. The maximum absolute atomic E-state index is 12.1. The molecule has 1 aliphatic heterocycles. The molecule has 17 heavy (non-hydrogen) atoms. The Labute approximate surface area is 99.8 Å². The van der Waals surface area contributed by atoms with Crippen molar-refractivity contribution in [1.29, 1.82) is 0 Å². The standard InChI is InChI=1S/C13H14O4/c1-15-9-5-6-10(12(8-9)16-2)13(14)11-4-3-7-17-11/h4-6,8H,3,7H2,1-2H3. The lowest BCUT2D eigenvalue weighted by Gasteiger charge is -2.10. The summed E-state index contributed by atoms with van der Waals surface area (Å²) in [5, 5.41) is 0. The number of ketones is 1. The van der Waals surface area contributed by atoms with E-state index in [2.05, 4.69) is 0 Å². The van der Waals surface area contributed by atoms with Gasteiger partial charge in [0.2, 0.25) is 5.78 Å². The van der Waals surface area contributed by atoms with E-state index in [0.717, 1.165) is 6.42 Å². The van der Waals surface area contributed by atoms with Gasteiger partial charge in [0.25, 0.3) is 0 Å². The summed E-state index contributed by atoms with van der Waals surface area (Å²) < 4.78 is 15.5. The lowest BCUT2D eigenvalue weighted by Crippen LogP contribution is -2.06. The molecule has 0 bridgehead atoms. The van der Waals surface area contributed by atoms with E-state index in [0.29, 0.717) is 29.4 Å². The maximum atomic E-state index is 12.1. The number of carbonyl (C=O) groups is 1. The van der Waals surface area contributed by atoms with Crippen molar-refractivity contribution in [3.05, 3.63) is 35.6 Å². The molecule has 1 aromatic carbocycles. The number of hydrogen-bond acceptors (Lipinski definition) is 4. The van der Waals surface area contributed by atoms with Crippen LogP contribution in [0.2, 0.25) is 0 Å². The van der Waals surface area contributed by atoms with Crippen LogP contribution in [0, 0.1) is 0 Å². The smallest absolute Gasteiger partial charge is 0.230 e. The average molecular weight is 234 g/mol. The van der Waals surface area contributed by atoms with E-state index in [4.69, 9.17) is 14.2 Å². The Morgan fingerprint density at radius 3 is 2.71 bits per heavy atom. The fourth-order valence-electron chi connectivity index (χ4n) is 1.69. The molecular formula is C13H14O4. The average Bonchev–Trinajstić information content (AvgIpc) is 2.91. The van der Waals surface area contributed by atoms with Crippen molar-refractivity contribution < 1.29 is 19.0 Å². The Morgan fingerprint density at radius 2 is 2.12 bits per heavy atom. The Hall–Kier alpha value is -1.97. The highest BCUT2D eigenvalue weighted by Crippen LogP contribution is 2.27. The molecule has 0 unspecified atom stereocenters. The predicted octanol–water partition coefficient (Wildman–Crippen LogP) is 2.19. The Kier molecular flexibility index (Phi) is 3.32. The van der Waals surface area contributed by atoms with Crippen LogP contribution in [0.3, 0.4) is 0 Å². The van der Waals surface area contributed by atoms with E-state index in [1.807, 2.05) is 0 Å². The van der Waals surface area contributed by atoms with Crippen LogP contribution in [-0.4, -0.2) is 26.6 Å². The number of Topliss-reactive ketones (excluding diaryl/α,β-unsaturated/α-hetero) is 1. The highest BCUT2D eigenvalue weighted by atomic mass is 16.5. The summed E-state index contributed by atoms with van der Waals surface area (Å²) >= 11 is 0. The molecule has 0 aliphatic carbocycles. The fourth-order valence-corrected chi connectivity index (χ4v) is 1.69. The van der Waals surface area contributed by atoms with Gasteiger partial charge in [0.05, 0.1) is 26.4 Å². The number of methoxy groups -OCH3 is 2. The van der Waals surface area contributed by atoms with Crippen molar-refractivity contribution in [1.82, 2.24) is 0 Å². The van der Waals surface area contributed by atoms with Gasteiger partial charge in [-0.3, -0.25) is 4.79 Å². The van der Waals surface area contributed by atoms with Gasteiger partial charge >= 0.3 is 0 Å². The van der Waals surface area contributed by atoms with Crippen molar-refractivity contribution in [3.63, 3.8) is 0 Å². The van der Waals surface area contributed by atoms with Gasteiger partial charge in [-0.15, -0.1) is 0 Å². The molecule has 2 rings (SSSR count). The van der Waals surface area contributed by atoms with E-state index in [1.165, 1.54) is 7.11 Å². The van der Waals surface area contributed by atoms with E-state index >= 15 is 0 Å². The summed E-state index contributed by atoms with van der Waals surface area (Å²) in [5.41, 5.74) is 0.487. The third-order valence-electron chi connectivity index (χ3n) is 2.58. The molecule has 1 heterocycles. The number of rotatable bonds is 4. The molecule has 0 aromatic heterocycles. The largest absolute Gasteiger partial charge is 0.497 e. The molecule has 0 atom stereocenters. The van der Waals surface area contributed by atoms with Gasteiger partial charge in [0, 0.05) is 12.5 Å². The summed E-state index contributed by atoms with van der Waals surface area (Å²) in [6.45, 7) is 0.569. The van der Waals surface area contributed by atoms with Crippen LogP contribution in [0.25, 0.3) is 0 Å². The molecular weight excluding hydrogens is 220 g/mol. The molecule has 0 fully saturated rings. The van der Waals surface area contributed by atoms with Crippen molar-refractivity contribution >= 4 is 5.78 Å². The molecule has 0 N–H and O–H groups in total. The van der Waals surface area contributed by atoms with Gasteiger partial charge in [-0.1, -0.05) is 0 Å². The van der Waals surface area contributed by atoms with E-state index in [-0.39, 0.29) is 5.78 Å². The van der Waals surface area contributed by atoms with Crippen LogP contribution in [0.5, 0.6) is 11.5 Å². The Morgan fingerprint density at radius 1 is 1.29 bits per heavy atom. The van der Waals surface area contributed by atoms with Gasteiger partial charge in [-0.05, 0) is 18.2 Å². The Balaban J connectivity index is 2.34. The predicted molar refractivity (Wildman–Crippen MR) is 62.5 cm³/mol. The third kappa shape index (κ3) is 2.25. The van der Waals surface area contributed by atoms with Crippen molar-refractivity contribution in [2.24, 2.45) is 0 Å². The van der Waals surface area contributed by atoms with Crippen LogP contribution in [0.1, 0.15) is 16.8 Å². The monoisotopic (exact) mass is 234 g/mol. The first-order valence-electron chi connectivity index (χ1n) is 5.36. The molecule has 0 saturated carbocycles. The van der Waals surface area contributed by atoms with E-state index in [1.54, 1.807) is 31.4 Å². The lowest BCUT2D eigenvalue weighted by molar-refractivity contribution is 0.0939. The van der Waals surface area contributed by atoms with Crippen LogP contribution in [-0.2, 0) is 4.74 Å². The second-order valence-corrected chi connectivity index (χ2v) is 3.60. The highest BCUT2D eigenvalue weighted by Gasteiger charge is 2.20. The summed E-state index contributed by atoms with van der Waals surface area (Å²) in [5.74, 6) is 1.39. The van der Waals surface area contributed by atoms with Crippen molar-refractivity contribution in [2.45, 2.75) is 6.42 Å². The number of carbonyl (C=O) groups excluding carboxylic acids is 1.